The Labute approximate surface area is 109 Å². The Morgan fingerprint density at radius 1 is 1.11 bits per heavy atom. The van der Waals surface area contributed by atoms with Gasteiger partial charge in [-0.15, -0.1) is 0 Å². The Kier molecular flexibility index (Phi) is 3.45. The lowest BCUT2D eigenvalue weighted by Gasteiger charge is -2.24. The van der Waals surface area contributed by atoms with E-state index in [-0.39, 0.29) is 22.4 Å². The highest BCUT2D eigenvalue weighted by Gasteiger charge is 2.35. The molecule has 1 unspecified atom stereocenters. The number of hydrogen-bond donors (Lipinski definition) is 1. The second-order valence-electron chi connectivity index (χ2n) is 3.85. The molecule has 0 aliphatic rings. The predicted molar refractivity (Wildman–Crippen MR) is 66.9 cm³/mol. The number of aliphatic hydroxyl groups is 1. The van der Waals surface area contributed by atoms with Crippen LogP contribution in [-0.4, -0.2) is 11.4 Å². The first-order valence-electron chi connectivity index (χ1n) is 5.28. The third-order valence-corrected chi connectivity index (χ3v) is 3.04. The Balaban J connectivity index is 2.68. The molecule has 1 atom stereocenters. The minimum Gasteiger partial charge on any atom is -0.373 e. The third-order valence-electron chi connectivity index (χ3n) is 2.73. The second kappa shape index (κ2) is 4.88. The molecule has 0 fully saturated rings. The molecule has 0 bridgehead atoms. The summed E-state index contributed by atoms with van der Waals surface area (Å²) < 4.78 is 13.8. The van der Waals surface area contributed by atoms with E-state index < -0.39 is 11.4 Å². The first-order chi connectivity index (χ1) is 8.59. The maximum Gasteiger partial charge on any atom is 0.174 e. The molecule has 2 aromatic rings. The van der Waals surface area contributed by atoms with E-state index in [1.54, 1.807) is 18.2 Å². The average molecular weight is 265 g/mol. The van der Waals surface area contributed by atoms with Gasteiger partial charge in [-0.05, 0) is 17.7 Å². The molecule has 2 rings (SSSR count). The van der Waals surface area contributed by atoms with E-state index in [1.807, 2.05) is 0 Å². The van der Waals surface area contributed by atoms with E-state index in [1.165, 1.54) is 24.3 Å². The fraction of sp³-hybridized carbons (Fsp3) is 0.0714. The van der Waals surface area contributed by atoms with Gasteiger partial charge in [0.05, 0.1) is 5.02 Å². The summed E-state index contributed by atoms with van der Waals surface area (Å²) in [5.41, 5.74) is -2.04. The van der Waals surface area contributed by atoms with Crippen molar-refractivity contribution in [3.63, 3.8) is 0 Å². The Morgan fingerprint density at radius 3 is 2.33 bits per heavy atom. The van der Waals surface area contributed by atoms with Gasteiger partial charge in [0.25, 0.3) is 0 Å². The molecule has 0 saturated heterocycles. The van der Waals surface area contributed by atoms with Crippen LogP contribution < -0.4 is 0 Å². The van der Waals surface area contributed by atoms with Crippen molar-refractivity contribution < 1.29 is 14.3 Å². The highest BCUT2D eigenvalue weighted by molar-refractivity contribution is 6.31. The first-order valence-corrected chi connectivity index (χ1v) is 5.66. The zero-order valence-corrected chi connectivity index (χ0v) is 10.1. The van der Waals surface area contributed by atoms with Crippen molar-refractivity contribution in [1.29, 1.82) is 0 Å². The number of halogens is 2. The van der Waals surface area contributed by atoms with Crippen LogP contribution in [0.25, 0.3) is 0 Å². The van der Waals surface area contributed by atoms with Crippen LogP contribution in [-0.2, 0) is 10.4 Å². The number of rotatable bonds is 3. The zero-order chi connectivity index (χ0) is 13.2. The van der Waals surface area contributed by atoms with Crippen LogP contribution in [0.3, 0.4) is 0 Å². The van der Waals surface area contributed by atoms with E-state index in [4.69, 9.17) is 11.6 Å². The van der Waals surface area contributed by atoms with E-state index in [2.05, 4.69) is 0 Å². The molecule has 1 N–H and O–H groups in total. The lowest BCUT2D eigenvalue weighted by Crippen LogP contribution is -2.30. The largest absolute Gasteiger partial charge is 0.373 e. The predicted octanol–water partition coefficient (Wildman–Crippen LogP) is 2.91. The number of carbonyl (C=O) groups excluding carboxylic acids is 1. The summed E-state index contributed by atoms with van der Waals surface area (Å²) in [6.45, 7) is 0. The smallest absolute Gasteiger partial charge is 0.174 e. The molecule has 0 radical (unpaired) electrons. The van der Waals surface area contributed by atoms with Gasteiger partial charge in [-0.2, -0.15) is 0 Å². The molecule has 0 heterocycles. The van der Waals surface area contributed by atoms with E-state index in [9.17, 15) is 14.3 Å². The van der Waals surface area contributed by atoms with Crippen LogP contribution in [0.4, 0.5) is 4.39 Å². The first kappa shape index (κ1) is 12.7. The van der Waals surface area contributed by atoms with Gasteiger partial charge in [0.2, 0.25) is 0 Å². The van der Waals surface area contributed by atoms with Gasteiger partial charge in [-0.3, -0.25) is 4.79 Å². The van der Waals surface area contributed by atoms with Crippen LogP contribution in [0, 0.1) is 5.82 Å². The quantitative estimate of drug-likeness (QED) is 0.866. The van der Waals surface area contributed by atoms with E-state index >= 15 is 0 Å². The van der Waals surface area contributed by atoms with Crippen LogP contribution in [0.15, 0.2) is 48.5 Å². The molecule has 2 aromatic carbocycles. The summed E-state index contributed by atoms with van der Waals surface area (Å²) in [7, 11) is 0. The van der Waals surface area contributed by atoms with Gasteiger partial charge in [0.15, 0.2) is 11.9 Å². The van der Waals surface area contributed by atoms with E-state index in [0.29, 0.717) is 0 Å². The van der Waals surface area contributed by atoms with Gasteiger partial charge in [0.1, 0.15) is 5.82 Å². The number of aldehydes is 1. The minimum absolute atomic E-state index is 0.00783. The number of hydrogen-bond acceptors (Lipinski definition) is 2. The van der Waals surface area contributed by atoms with Gasteiger partial charge in [-0.25, -0.2) is 4.39 Å². The Bertz CT molecular complexity index is 551. The molecule has 2 nitrogen and oxygen atoms in total. The molecule has 0 saturated carbocycles. The van der Waals surface area contributed by atoms with Gasteiger partial charge < -0.3 is 5.11 Å². The van der Waals surface area contributed by atoms with Crippen LogP contribution in [0.1, 0.15) is 11.1 Å². The topological polar surface area (TPSA) is 37.3 Å². The fourth-order valence-electron chi connectivity index (χ4n) is 1.83. The normalized spacial score (nSPS) is 13.9. The van der Waals surface area contributed by atoms with Crippen molar-refractivity contribution in [3.8, 4) is 0 Å². The van der Waals surface area contributed by atoms with Gasteiger partial charge in [0, 0.05) is 5.56 Å². The number of benzene rings is 2. The molecule has 4 heteroatoms. The SMILES string of the molecule is O=CC(O)(c1ccccc1)c1c(F)cccc1Cl. The highest BCUT2D eigenvalue weighted by atomic mass is 35.5. The van der Waals surface area contributed by atoms with Crippen molar-refractivity contribution in [2.45, 2.75) is 5.60 Å². The molecule has 0 spiro atoms. The third kappa shape index (κ3) is 2.03. The molecule has 18 heavy (non-hydrogen) atoms. The number of carbonyl (C=O) groups is 1. The minimum atomic E-state index is -2.08. The van der Waals surface area contributed by atoms with Crippen LogP contribution in [0.5, 0.6) is 0 Å². The zero-order valence-electron chi connectivity index (χ0n) is 9.31. The average Bonchev–Trinajstić information content (AvgIpc) is 2.39. The Hall–Kier alpha value is -1.71. The monoisotopic (exact) mass is 264 g/mol. The molecular weight excluding hydrogens is 255 g/mol. The van der Waals surface area contributed by atoms with Crippen molar-refractivity contribution in [1.82, 2.24) is 0 Å². The maximum absolute atomic E-state index is 13.8. The van der Waals surface area contributed by atoms with Crippen molar-refractivity contribution in [2.24, 2.45) is 0 Å². The van der Waals surface area contributed by atoms with Crippen LogP contribution in [0.2, 0.25) is 5.02 Å². The Morgan fingerprint density at radius 2 is 1.78 bits per heavy atom. The molecule has 0 aromatic heterocycles. The lowest BCUT2D eigenvalue weighted by atomic mass is 9.87. The summed E-state index contributed by atoms with van der Waals surface area (Å²) in [5.74, 6) is -0.721. The standard InChI is InChI=1S/C14H10ClFO2/c15-11-7-4-8-12(16)13(11)14(18,9-17)10-5-2-1-3-6-10/h1-9,18H. The molecule has 92 valence electrons. The van der Waals surface area contributed by atoms with E-state index in [0.717, 1.165) is 6.07 Å². The summed E-state index contributed by atoms with van der Waals surface area (Å²) in [4.78, 5) is 11.3. The maximum atomic E-state index is 13.8. The summed E-state index contributed by atoms with van der Waals surface area (Å²) in [5, 5.41) is 10.4. The van der Waals surface area contributed by atoms with Crippen molar-refractivity contribution in [3.05, 3.63) is 70.5 Å². The molecule has 0 aliphatic carbocycles. The summed E-state index contributed by atoms with van der Waals surface area (Å²) >= 11 is 5.88. The second-order valence-corrected chi connectivity index (χ2v) is 4.25. The summed E-state index contributed by atoms with van der Waals surface area (Å²) in [6.07, 6.45) is 0.284. The van der Waals surface area contributed by atoms with Gasteiger partial charge in [-0.1, -0.05) is 48.0 Å². The molecule has 0 aliphatic heterocycles. The summed E-state index contributed by atoms with van der Waals surface area (Å²) in [6, 6.07) is 12.1. The van der Waals surface area contributed by atoms with Gasteiger partial charge >= 0.3 is 0 Å². The molecule has 0 amide bonds. The van der Waals surface area contributed by atoms with Crippen molar-refractivity contribution in [2.75, 3.05) is 0 Å². The molecular formula is C14H10ClFO2. The van der Waals surface area contributed by atoms with Crippen molar-refractivity contribution >= 4 is 17.9 Å². The highest BCUT2D eigenvalue weighted by Crippen LogP contribution is 2.34. The fourth-order valence-corrected chi connectivity index (χ4v) is 2.13. The lowest BCUT2D eigenvalue weighted by molar-refractivity contribution is -0.121. The van der Waals surface area contributed by atoms with Crippen LogP contribution >= 0.6 is 11.6 Å².